The number of hydrogen-bond donors (Lipinski definition) is 3. The second-order valence-electron chi connectivity index (χ2n) is 7.49. The van der Waals surface area contributed by atoms with Gasteiger partial charge in [0, 0.05) is 28.9 Å². The van der Waals surface area contributed by atoms with Gasteiger partial charge in [0.1, 0.15) is 5.76 Å². The Morgan fingerprint density at radius 3 is 2.48 bits per heavy atom. The number of aromatic amines is 1. The summed E-state index contributed by atoms with van der Waals surface area (Å²) in [5.41, 5.74) is 5.88. The molecule has 0 aliphatic rings. The minimum absolute atomic E-state index is 0.126. The van der Waals surface area contributed by atoms with Crippen molar-refractivity contribution >= 4 is 52.1 Å². The van der Waals surface area contributed by atoms with Gasteiger partial charge >= 0.3 is 0 Å². The first-order chi connectivity index (χ1) is 15.8. The fourth-order valence-corrected chi connectivity index (χ4v) is 3.84. The molecule has 6 nitrogen and oxygen atoms in total. The number of thiocarbonyl (C=S) groups is 1. The van der Waals surface area contributed by atoms with Crippen LogP contribution in [0.1, 0.15) is 33.1 Å². The molecular formula is C24H20Cl2N4O2S. The minimum atomic E-state index is -0.457. The van der Waals surface area contributed by atoms with E-state index in [1.54, 1.807) is 30.3 Å². The average molecular weight is 499 g/mol. The molecule has 2 aromatic carbocycles. The van der Waals surface area contributed by atoms with Crippen molar-refractivity contribution in [2.24, 2.45) is 0 Å². The van der Waals surface area contributed by atoms with E-state index >= 15 is 0 Å². The van der Waals surface area contributed by atoms with E-state index in [9.17, 15) is 4.79 Å². The molecule has 168 valence electrons. The molecule has 0 unspecified atom stereocenters. The van der Waals surface area contributed by atoms with Crippen LogP contribution in [0.2, 0.25) is 10.0 Å². The summed E-state index contributed by atoms with van der Waals surface area (Å²) in [7, 11) is 0. The van der Waals surface area contributed by atoms with Crippen molar-refractivity contribution < 1.29 is 9.21 Å². The highest BCUT2D eigenvalue weighted by atomic mass is 35.5. The molecule has 0 fully saturated rings. The SMILES string of the molecule is Cc1n[nH]c(C)c1Cc1ccc(NC(=S)NC(=O)c2ccc(-c3ccc(Cl)c(Cl)c3)o2)cc1. The third kappa shape index (κ3) is 5.45. The van der Waals surface area contributed by atoms with Crippen LogP contribution in [-0.2, 0) is 6.42 Å². The summed E-state index contributed by atoms with van der Waals surface area (Å²) in [6, 6.07) is 16.2. The molecule has 4 rings (SSSR count). The zero-order chi connectivity index (χ0) is 23.5. The van der Waals surface area contributed by atoms with E-state index in [-0.39, 0.29) is 10.9 Å². The van der Waals surface area contributed by atoms with Gasteiger partial charge in [-0.15, -0.1) is 0 Å². The second kappa shape index (κ2) is 9.79. The molecule has 2 aromatic heterocycles. The molecule has 0 bridgehead atoms. The Hall–Kier alpha value is -3.13. The number of furan rings is 1. The molecule has 0 atom stereocenters. The predicted octanol–water partition coefficient (Wildman–Crippen LogP) is 6.31. The third-order valence-electron chi connectivity index (χ3n) is 5.13. The topological polar surface area (TPSA) is 83.0 Å². The number of carbonyl (C=O) groups excluding carboxylic acids is 1. The number of anilines is 1. The number of rotatable bonds is 5. The first-order valence-electron chi connectivity index (χ1n) is 10.1. The van der Waals surface area contributed by atoms with Gasteiger partial charge < -0.3 is 9.73 Å². The summed E-state index contributed by atoms with van der Waals surface area (Å²) in [5.74, 6) is 0.166. The zero-order valence-electron chi connectivity index (χ0n) is 17.8. The number of aryl methyl sites for hydroxylation is 2. The van der Waals surface area contributed by atoms with Gasteiger partial charge in [-0.1, -0.05) is 35.3 Å². The maximum Gasteiger partial charge on any atom is 0.293 e. The van der Waals surface area contributed by atoms with Gasteiger partial charge in [0.15, 0.2) is 10.9 Å². The van der Waals surface area contributed by atoms with Crippen molar-refractivity contribution in [3.05, 3.63) is 92.9 Å². The minimum Gasteiger partial charge on any atom is -0.451 e. The zero-order valence-corrected chi connectivity index (χ0v) is 20.2. The van der Waals surface area contributed by atoms with Gasteiger partial charge in [-0.2, -0.15) is 5.10 Å². The standard InChI is InChI=1S/C24H20Cl2N4O2S/c1-13-18(14(2)30-29-13)11-15-3-6-17(7-4-15)27-24(33)28-23(31)22-10-9-21(32-22)16-5-8-19(25)20(26)12-16/h3-10,12H,11H2,1-2H3,(H,29,30)(H2,27,28,31,33). The van der Waals surface area contributed by atoms with Crippen molar-refractivity contribution in [1.82, 2.24) is 15.5 Å². The van der Waals surface area contributed by atoms with Gasteiger partial charge in [-0.05, 0) is 74.1 Å². The van der Waals surface area contributed by atoms with E-state index < -0.39 is 5.91 Å². The Morgan fingerprint density at radius 2 is 1.82 bits per heavy atom. The molecule has 33 heavy (non-hydrogen) atoms. The smallest absolute Gasteiger partial charge is 0.293 e. The Balaban J connectivity index is 1.35. The Bertz CT molecular complexity index is 1310. The van der Waals surface area contributed by atoms with Crippen molar-refractivity contribution in [1.29, 1.82) is 0 Å². The first-order valence-corrected chi connectivity index (χ1v) is 11.2. The van der Waals surface area contributed by atoms with Gasteiger partial charge in [0.05, 0.1) is 15.7 Å². The van der Waals surface area contributed by atoms with Crippen molar-refractivity contribution in [2.75, 3.05) is 5.32 Å². The first kappa shape index (κ1) is 23.0. The Morgan fingerprint density at radius 1 is 1.06 bits per heavy atom. The molecule has 0 saturated carbocycles. The third-order valence-corrected chi connectivity index (χ3v) is 6.08. The number of amides is 1. The molecule has 1 amide bonds. The molecule has 4 aromatic rings. The number of nitrogens with one attached hydrogen (secondary N) is 3. The lowest BCUT2D eigenvalue weighted by atomic mass is 10.0. The lowest BCUT2D eigenvalue weighted by Gasteiger charge is -2.09. The van der Waals surface area contributed by atoms with E-state index in [2.05, 4.69) is 20.8 Å². The largest absolute Gasteiger partial charge is 0.451 e. The number of carbonyl (C=O) groups is 1. The van der Waals surface area contributed by atoms with Gasteiger partial charge in [0.25, 0.3) is 5.91 Å². The average Bonchev–Trinajstić information content (AvgIpc) is 3.40. The van der Waals surface area contributed by atoms with Crippen LogP contribution in [0, 0.1) is 13.8 Å². The molecule has 3 N–H and O–H groups in total. The van der Waals surface area contributed by atoms with Gasteiger partial charge in [-0.25, -0.2) is 0 Å². The summed E-state index contributed by atoms with van der Waals surface area (Å²) in [5, 5.41) is 13.9. The molecule has 0 aliphatic carbocycles. The van der Waals surface area contributed by atoms with E-state index in [0.29, 0.717) is 21.4 Å². The quantitative estimate of drug-likeness (QED) is 0.280. The lowest BCUT2D eigenvalue weighted by Crippen LogP contribution is -2.33. The number of halogens is 2. The second-order valence-corrected chi connectivity index (χ2v) is 8.71. The van der Waals surface area contributed by atoms with Crippen LogP contribution in [0.4, 0.5) is 5.69 Å². The fraction of sp³-hybridized carbons (Fsp3) is 0.125. The van der Waals surface area contributed by atoms with Gasteiger partial charge in [0.2, 0.25) is 0 Å². The predicted molar refractivity (Wildman–Crippen MR) is 135 cm³/mol. The van der Waals surface area contributed by atoms with Gasteiger partial charge in [-0.3, -0.25) is 15.2 Å². The van der Waals surface area contributed by atoms with Crippen LogP contribution in [0.5, 0.6) is 0 Å². The fourth-order valence-electron chi connectivity index (χ4n) is 3.34. The maximum atomic E-state index is 12.5. The molecule has 0 aliphatic heterocycles. The van der Waals surface area contributed by atoms with E-state index in [1.807, 2.05) is 38.1 Å². The Kier molecular flexibility index (Phi) is 6.83. The van der Waals surface area contributed by atoms with Crippen molar-refractivity contribution in [2.45, 2.75) is 20.3 Å². The van der Waals surface area contributed by atoms with Crippen LogP contribution < -0.4 is 10.6 Å². The summed E-state index contributed by atoms with van der Waals surface area (Å²) in [6.45, 7) is 4.00. The molecule has 0 spiro atoms. The number of nitrogens with zero attached hydrogens (tertiary/aromatic N) is 1. The van der Waals surface area contributed by atoms with Crippen molar-refractivity contribution in [3.8, 4) is 11.3 Å². The number of benzene rings is 2. The van der Waals surface area contributed by atoms with Crippen LogP contribution in [0.15, 0.2) is 59.0 Å². The summed E-state index contributed by atoms with van der Waals surface area (Å²) in [4.78, 5) is 12.5. The monoisotopic (exact) mass is 498 g/mol. The van der Waals surface area contributed by atoms with Crippen LogP contribution in [0.3, 0.4) is 0 Å². The highest BCUT2D eigenvalue weighted by molar-refractivity contribution is 7.80. The highest BCUT2D eigenvalue weighted by Gasteiger charge is 2.15. The van der Waals surface area contributed by atoms with Crippen LogP contribution in [-0.4, -0.2) is 21.2 Å². The van der Waals surface area contributed by atoms with E-state index in [0.717, 1.165) is 29.1 Å². The van der Waals surface area contributed by atoms with Crippen LogP contribution >= 0.6 is 35.4 Å². The molecule has 0 saturated heterocycles. The molecule has 9 heteroatoms. The summed E-state index contributed by atoms with van der Waals surface area (Å²) < 4.78 is 5.65. The van der Waals surface area contributed by atoms with E-state index in [4.69, 9.17) is 39.8 Å². The Labute approximate surface area is 206 Å². The number of aromatic nitrogens is 2. The maximum absolute atomic E-state index is 12.5. The number of H-pyrrole nitrogens is 1. The highest BCUT2D eigenvalue weighted by Crippen LogP contribution is 2.29. The van der Waals surface area contributed by atoms with Crippen LogP contribution in [0.25, 0.3) is 11.3 Å². The number of hydrogen-bond acceptors (Lipinski definition) is 4. The molecule has 2 heterocycles. The van der Waals surface area contributed by atoms with Crippen molar-refractivity contribution in [3.63, 3.8) is 0 Å². The summed E-state index contributed by atoms with van der Waals surface area (Å²) >= 11 is 17.3. The lowest BCUT2D eigenvalue weighted by molar-refractivity contribution is 0.0951. The van der Waals surface area contributed by atoms with E-state index in [1.165, 1.54) is 5.56 Å². The molecule has 0 radical (unpaired) electrons. The normalized spacial score (nSPS) is 10.8. The molecular weight excluding hydrogens is 479 g/mol. The summed E-state index contributed by atoms with van der Waals surface area (Å²) in [6.07, 6.45) is 0.787.